The number of anilines is 1. The summed E-state index contributed by atoms with van der Waals surface area (Å²) in [5.74, 6) is -0.205. The molecular formula is C26H31N3O4S2. The van der Waals surface area contributed by atoms with Crippen LogP contribution in [0.3, 0.4) is 0 Å². The molecule has 186 valence electrons. The Labute approximate surface area is 210 Å². The first-order chi connectivity index (χ1) is 16.9. The molecule has 3 aromatic rings. The smallest absolute Gasteiger partial charge is 0.260 e. The van der Waals surface area contributed by atoms with E-state index in [0.29, 0.717) is 23.8 Å². The summed E-state index contributed by atoms with van der Waals surface area (Å²) in [5, 5.41) is 0.625. The third-order valence-corrected chi connectivity index (χ3v) is 10.0. The zero-order chi connectivity index (χ0) is 24.4. The number of carbonyl (C=O) groups is 1. The summed E-state index contributed by atoms with van der Waals surface area (Å²) < 4.78 is 34.7. The molecule has 1 aliphatic carbocycles. The first-order valence-corrected chi connectivity index (χ1v) is 14.6. The number of amides is 1. The number of fused-ring (bicyclic) bond motifs is 1. The molecule has 1 atom stereocenters. The highest BCUT2D eigenvalue weighted by atomic mass is 32.2. The molecule has 2 aromatic carbocycles. The van der Waals surface area contributed by atoms with Crippen LogP contribution < -0.4 is 4.90 Å². The SMILES string of the molecule is CN(C1CCCCC1)S(=O)(=O)c1ccc(C(=O)N(CC2CCCO2)c2nc3ccccc3s2)cc1. The topological polar surface area (TPSA) is 79.8 Å². The van der Waals surface area contributed by atoms with E-state index < -0.39 is 10.0 Å². The van der Waals surface area contributed by atoms with Crippen molar-refractivity contribution in [3.8, 4) is 0 Å². The highest BCUT2D eigenvalue weighted by molar-refractivity contribution is 7.89. The molecule has 2 fully saturated rings. The number of carbonyl (C=O) groups excluding carboxylic acids is 1. The summed E-state index contributed by atoms with van der Waals surface area (Å²) in [6, 6.07) is 14.2. The Balaban J connectivity index is 1.40. The highest BCUT2D eigenvalue weighted by Gasteiger charge is 2.30. The minimum absolute atomic E-state index is 0.0326. The van der Waals surface area contributed by atoms with E-state index in [9.17, 15) is 13.2 Å². The van der Waals surface area contributed by atoms with Crippen LogP contribution in [-0.2, 0) is 14.8 Å². The van der Waals surface area contributed by atoms with Gasteiger partial charge in [-0.05, 0) is 62.1 Å². The summed E-state index contributed by atoms with van der Waals surface area (Å²) >= 11 is 1.47. The largest absolute Gasteiger partial charge is 0.376 e. The fourth-order valence-corrected chi connectivity index (χ4v) is 7.34. The van der Waals surface area contributed by atoms with Crippen LogP contribution in [0.2, 0.25) is 0 Å². The van der Waals surface area contributed by atoms with Gasteiger partial charge in [0.2, 0.25) is 10.0 Å². The summed E-state index contributed by atoms with van der Waals surface area (Å²) in [5.41, 5.74) is 1.28. The molecule has 0 bridgehead atoms. The molecule has 5 rings (SSSR count). The second-order valence-corrected chi connectivity index (χ2v) is 12.4. The van der Waals surface area contributed by atoms with Gasteiger partial charge >= 0.3 is 0 Å². The standard InChI is InChI=1S/C26H31N3O4S2/c1-28(20-8-3-2-4-9-20)35(31,32)22-15-13-19(14-16-22)25(30)29(18-21-10-7-17-33-21)26-27-23-11-5-6-12-24(23)34-26/h5-6,11-16,20-21H,2-4,7-10,17-18H2,1H3. The first-order valence-electron chi connectivity index (χ1n) is 12.3. The fraction of sp³-hybridized carbons (Fsp3) is 0.462. The Morgan fingerprint density at radius 1 is 1.03 bits per heavy atom. The molecule has 2 heterocycles. The van der Waals surface area contributed by atoms with Crippen LogP contribution in [-0.4, -0.2) is 56.0 Å². The molecule has 0 radical (unpaired) electrons. The number of benzene rings is 2. The van der Waals surface area contributed by atoms with Crippen molar-refractivity contribution in [3.05, 3.63) is 54.1 Å². The zero-order valence-electron chi connectivity index (χ0n) is 19.9. The van der Waals surface area contributed by atoms with Gasteiger partial charge in [-0.1, -0.05) is 42.7 Å². The molecule has 1 aliphatic heterocycles. The van der Waals surface area contributed by atoms with Crippen LogP contribution in [0.1, 0.15) is 55.3 Å². The van der Waals surface area contributed by atoms with E-state index in [2.05, 4.69) is 0 Å². The Morgan fingerprint density at radius 2 is 1.77 bits per heavy atom. The number of aromatic nitrogens is 1. The minimum Gasteiger partial charge on any atom is -0.376 e. The predicted molar refractivity (Wildman–Crippen MR) is 139 cm³/mol. The van der Waals surface area contributed by atoms with Crippen molar-refractivity contribution in [2.75, 3.05) is 25.1 Å². The number of sulfonamides is 1. The fourth-order valence-electron chi connectivity index (χ4n) is 4.95. The Bertz CT molecular complexity index is 1240. The second kappa shape index (κ2) is 10.3. The molecule has 1 saturated carbocycles. The quantitative estimate of drug-likeness (QED) is 0.440. The van der Waals surface area contributed by atoms with Crippen LogP contribution >= 0.6 is 11.3 Å². The van der Waals surface area contributed by atoms with E-state index in [1.807, 2.05) is 24.3 Å². The monoisotopic (exact) mass is 513 g/mol. The molecule has 7 nitrogen and oxygen atoms in total. The van der Waals surface area contributed by atoms with E-state index in [1.54, 1.807) is 36.2 Å². The number of rotatable bonds is 7. The summed E-state index contributed by atoms with van der Waals surface area (Å²) in [6.07, 6.45) is 6.92. The average Bonchev–Trinajstić information content (AvgIpc) is 3.56. The lowest BCUT2D eigenvalue weighted by Crippen LogP contribution is -2.38. The van der Waals surface area contributed by atoms with E-state index in [4.69, 9.17) is 9.72 Å². The third kappa shape index (κ3) is 5.14. The number of ether oxygens (including phenoxy) is 1. The Kier molecular flexibility index (Phi) is 7.20. The molecule has 1 unspecified atom stereocenters. The number of para-hydroxylation sites is 1. The molecule has 0 spiro atoms. The Hall–Kier alpha value is -2.33. The van der Waals surface area contributed by atoms with Gasteiger partial charge in [0.05, 0.1) is 27.8 Å². The van der Waals surface area contributed by atoms with Gasteiger partial charge in [-0.25, -0.2) is 13.4 Å². The maximum absolute atomic E-state index is 13.6. The molecule has 1 saturated heterocycles. The van der Waals surface area contributed by atoms with E-state index in [-0.39, 0.29) is 22.9 Å². The van der Waals surface area contributed by atoms with Crippen molar-refractivity contribution in [1.82, 2.24) is 9.29 Å². The summed E-state index contributed by atoms with van der Waals surface area (Å²) in [7, 11) is -1.94. The molecule has 1 amide bonds. The van der Waals surface area contributed by atoms with Crippen molar-refractivity contribution >= 4 is 42.6 Å². The van der Waals surface area contributed by atoms with Crippen LogP contribution in [0.4, 0.5) is 5.13 Å². The lowest BCUT2D eigenvalue weighted by molar-refractivity contribution is 0.0917. The molecule has 35 heavy (non-hydrogen) atoms. The van der Waals surface area contributed by atoms with Crippen LogP contribution in [0.5, 0.6) is 0 Å². The number of thiazole rings is 1. The highest BCUT2D eigenvalue weighted by Crippen LogP contribution is 2.31. The molecular weight excluding hydrogens is 482 g/mol. The molecule has 0 N–H and O–H groups in total. The third-order valence-electron chi connectivity index (χ3n) is 7.04. The van der Waals surface area contributed by atoms with Gasteiger partial charge in [0.15, 0.2) is 5.13 Å². The first kappa shape index (κ1) is 24.4. The lowest BCUT2D eigenvalue weighted by Gasteiger charge is -2.30. The number of hydrogen-bond donors (Lipinski definition) is 0. The van der Waals surface area contributed by atoms with Gasteiger partial charge in [-0.3, -0.25) is 9.69 Å². The second-order valence-electron chi connectivity index (χ2n) is 9.35. The molecule has 1 aromatic heterocycles. The van der Waals surface area contributed by atoms with Crippen LogP contribution in [0, 0.1) is 0 Å². The van der Waals surface area contributed by atoms with Crippen molar-refractivity contribution in [2.45, 2.75) is 62.0 Å². The number of nitrogens with zero attached hydrogens (tertiary/aromatic N) is 3. The normalized spacial score (nSPS) is 19.4. The van der Waals surface area contributed by atoms with E-state index >= 15 is 0 Å². The van der Waals surface area contributed by atoms with Gasteiger partial charge < -0.3 is 4.74 Å². The van der Waals surface area contributed by atoms with Crippen molar-refractivity contribution in [2.24, 2.45) is 0 Å². The van der Waals surface area contributed by atoms with Crippen LogP contribution in [0.15, 0.2) is 53.4 Å². The van der Waals surface area contributed by atoms with Gasteiger partial charge in [-0.2, -0.15) is 4.31 Å². The lowest BCUT2D eigenvalue weighted by atomic mass is 9.96. The van der Waals surface area contributed by atoms with Gasteiger partial charge in [-0.15, -0.1) is 0 Å². The number of hydrogen-bond acceptors (Lipinski definition) is 6. The van der Waals surface area contributed by atoms with E-state index in [0.717, 1.165) is 55.2 Å². The minimum atomic E-state index is -3.61. The van der Waals surface area contributed by atoms with Crippen LogP contribution in [0.25, 0.3) is 10.2 Å². The maximum Gasteiger partial charge on any atom is 0.260 e. The molecule has 2 aliphatic rings. The van der Waals surface area contributed by atoms with Crippen molar-refractivity contribution in [1.29, 1.82) is 0 Å². The van der Waals surface area contributed by atoms with Crippen molar-refractivity contribution in [3.63, 3.8) is 0 Å². The zero-order valence-corrected chi connectivity index (χ0v) is 21.6. The van der Waals surface area contributed by atoms with Gasteiger partial charge in [0.1, 0.15) is 0 Å². The van der Waals surface area contributed by atoms with Crippen molar-refractivity contribution < 1.29 is 17.9 Å². The predicted octanol–water partition coefficient (Wildman–Crippen LogP) is 5.08. The Morgan fingerprint density at radius 3 is 2.46 bits per heavy atom. The van der Waals surface area contributed by atoms with E-state index in [1.165, 1.54) is 15.6 Å². The summed E-state index contributed by atoms with van der Waals surface area (Å²) in [6.45, 7) is 1.12. The van der Waals surface area contributed by atoms with Gasteiger partial charge in [0.25, 0.3) is 5.91 Å². The average molecular weight is 514 g/mol. The molecule has 9 heteroatoms. The summed E-state index contributed by atoms with van der Waals surface area (Å²) in [4.78, 5) is 20.2. The maximum atomic E-state index is 13.6. The van der Waals surface area contributed by atoms with Gasteiger partial charge in [0, 0.05) is 25.3 Å².